The summed E-state index contributed by atoms with van der Waals surface area (Å²) < 4.78 is 3.93. The lowest BCUT2D eigenvalue weighted by Gasteiger charge is -2.15. The van der Waals surface area contributed by atoms with Crippen LogP contribution in [0.2, 0.25) is 0 Å². The molecule has 5 heterocycles. The van der Waals surface area contributed by atoms with Crippen molar-refractivity contribution in [1.82, 2.24) is 34.1 Å². The van der Waals surface area contributed by atoms with Gasteiger partial charge in [-0.3, -0.25) is 4.40 Å². The Balaban J connectivity index is 1.21. The summed E-state index contributed by atoms with van der Waals surface area (Å²) in [7, 11) is 0. The summed E-state index contributed by atoms with van der Waals surface area (Å²) in [5, 5.41) is 14.8. The van der Waals surface area contributed by atoms with Gasteiger partial charge in [0.1, 0.15) is 16.3 Å². The summed E-state index contributed by atoms with van der Waals surface area (Å²) in [5.74, 6) is 1.39. The number of pyridine rings is 1. The molecule has 1 fully saturated rings. The maximum atomic E-state index is 4.86. The Hall–Kier alpha value is -3.10. The third kappa shape index (κ3) is 3.32. The fraction of sp³-hybridized carbons (Fsp3) is 0.304. The van der Waals surface area contributed by atoms with Crippen LogP contribution < -0.4 is 0 Å². The zero-order valence-corrected chi connectivity index (χ0v) is 18.2. The average molecular weight is 430 g/mol. The van der Waals surface area contributed by atoms with Gasteiger partial charge in [0.15, 0.2) is 0 Å². The van der Waals surface area contributed by atoms with Gasteiger partial charge in [-0.1, -0.05) is 47.7 Å². The van der Waals surface area contributed by atoms with E-state index in [1.165, 1.54) is 12.0 Å². The topological polar surface area (TPSA) is 63.6 Å². The molecule has 4 aromatic heterocycles. The molecule has 8 heteroatoms. The minimum absolute atomic E-state index is 0.642. The van der Waals surface area contributed by atoms with Crippen molar-refractivity contribution >= 4 is 21.9 Å². The molecule has 1 aliphatic rings. The largest absolute Gasteiger partial charge is 0.302 e. The first-order valence-electron chi connectivity index (χ1n) is 10.7. The Morgan fingerprint density at radius 2 is 1.94 bits per heavy atom. The van der Waals surface area contributed by atoms with Crippen molar-refractivity contribution < 1.29 is 0 Å². The van der Waals surface area contributed by atoms with Gasteiger partial charge >= 0.3 is 0 Å². The predicted molar refractivity (Wildman–Crippen MR) is 122 cm³/mol. The average Bonchev–Trinajstić information content (AvgIpc) is 3.55. The van der Waals surface area contributed by atoms with Crippen LogP contribution in [-0.4, -0.2) is 53.7 Å². The number of nitrogens with zero attached hydrogens (tertiary/aromatic N) is 7. The second kappa shape index (κ2) is 7.55. The molecule has 0 bridgehead atoms. The van der Waals surface area contributed by atoms with E-state index in [0.29, 0.717) is 5.92 Å². The summed E-state index contributed by atoms with van der Waals surface area (Å²) in [4.78, 5) is 8.04. The smallest absolute Gasteiger partial charge is 0.235 e. The molecule has 0 spiro atoms. The lowest BCUT2D eigenvalue weighted by Crippen LogP contribution is -2.23. The van der Waals surface area contributed by atoms with E-state index in [1.54, 1.807) is 11.3 Å². The second-order valence-corrected chi connectivity index (χ2v) is 9.18. The standard InChI is InChI=1S/C23H23N7S/c1-16-21(29-12-6-5-9-19(29)24-16)22-25-26-23-30(22)27-20(31-23)11-14-28-13-10-18(15-28)17-7-3-2-4-8-17/h2-9,12,18H,10-11,13-15H2,1H3. The maximum absolute atomic E-state index is 4.86. The monoisotopic (exact) mass is 429 g/mol. The zero-order chi connectivity index (χ0) is 20.8. The molecule has 5 aromatic rings. The fourth-order valence-electron chi connectivity index (χ4n) is 4.57. The highest BCUT2D eigenvalue weighted by Crippen LogP contribution is 2.28. The zero-order valence-electron chi connectivity index (χ0n) is 17.3. The van der Waals surface area contributed by atoms with Gasteiger partial charge in [0.2, 0.25) is 10.8 Å². The van der Waals surface area contributed by atoms with E-state index in [4.69, 9.17) is 5.10 Å². The predicted octanol–water partition coefficient (Wildman–Crippen LogP) is 3.84. The number of fused-ring (bicyclic) bond motifs is 2. The molecule has 0 N–H and O–H groups in total. The van der Waals surface area contributed by atoms with Crippen LogP contribution in [0, 0.1) is 6.92 Å². The van der Waals surface area contributed by atoms with E-state index in [1.807, 2.05) is 35.8 Å². The maximum Gasteiger partial charge on any atom is 0.235 e. The summed E-state index contributed by atoms with van der Waals surface area (Å²) in [6.45, 7) is 5.31. The van der Waals surface area contributed by atoms with Crippen molar-refractivity contribution in [2.24, 2.45) is 0 Å². The molecule has 0 aliphatic carbocycles. The highest BCUT2D eigenvalue weighted by molar-refractivity contribution is 7.16. The van der Waals surface area contributed by atoms with Crippen LogP contribution in [0.3, 0.4) is 0 Å². The van der Waals surface area contributed by atoms with Crippen molar-refractivity contribution in [3.63, 3.8) is 0 Å². The summed E-state index contributed by atoms with van der Waals surface area (Å²) in [5.41, 5.74) is 4.24. The normalized spacial score (nSPS) is 17.3. The molecule has 31 heavy (non-hydrogen) atoms. The lowest BCUT2D eigenvalue weighted by molar-refractivity contribution is 0.338. The molecule has 0 saturated carbocycles. The van der Waals surface area contributed by atoms with E-state index in [9.17, 15) is 0 Å². The van der Waals surface area contributed by atoms with Crippen LogP contribution in [0.25, 0.3) is 22.1 Å². The molecular formula is C23H23N7S. The third-order valence-electron chi connectivity index (χ3n) is 6.13. The Morgan fingerprint density at radius 3 is 2.84 bits per heavy atom. The number of rotatable bonds is 5. The van der Waals surface area contributed by atoms with Crippen LogP contribution in [0.5, 0.6) is 0 Å². The van der Waals surface area contributed by atoms with Crippen LogP contribution in [0.15, 0.2) is 54.7 Å². The molecule has 1 saturated heterocycles. The fourth-order valence-corrected chi connectivity index (χ4v) is 5.40. The first-order valence-corrected chi connectivity index (χ1v) is 11.5. The van der Waals surface area contributed by atoms with Crippen LogP contribution in [0.4, 0.5) is 0 Å². The Labute approximate surface area is 184 Å². The first-order chi connectivity index (χ1) is 15.3. The third-order valence-corrected chi connectivity index (χ3v) is 7.09. The van der Waals surface area contributed by atoms with Gasteiger partial charge in [-0.25, -0.2) is 4.98 Å². The van der Waals surface area contributed by atoms with Crippen LogP contribution >= 0.6 is 11.3 Å². The van der Waals surface area contributed by atoms with Gasteiger partial charge < -0.3 is 4.90 Å². The van der Waals surface area contributed by atoms with Gasteiger partial charge in [-0.15, -0.1) is 10.2 Å². The van der Waals surface area contributed by atoms with Gasteiger partial charge in [-0.05, 0) is 43.5 Å². The van der Waals surface area contributed by atoms with Gasteiger partial charge in [0.25, 0.3) is 0 Å². The van der Waals surface area contributed by atoms with Crippen LogP contribution in [-0.2, 0) is 6.42 Å². The number of aromatic nitrogens is 6. The highest BCUT2D eigenvalue weighted by Gasteiger charge is 2.24. The van der Waals surface area contributed by atoms with Crippen molar-refractivity contribution in [1.29, 1.82) is 0 Å². The molecule has 1 aliphatic heterocycles. The number of benzene rings is 1. The molecule has 156 valence electrons. The van der Waals surface area contributed by atoms with Gasteiger partial charge in [0.05, 0.1) is 5.69 Å². The minimum Gasteiger partial charge on any atom is -0.302 e. The molecule has 6 rings (SSSR count). The van der Waals surface area contributed by atoms with Crippen molar-refractivity contribution in [2.45, 2.75) is 25.7 Å². The second-order valence-electron chi connectivity index (χ2n) is 8.14. The quantitative estimate of drug-likeness (QED) is 0.425. The summed E-state index contributed by atoms with van der Waals surface area (Å²) in [6, 6.07) is 16.9. The SMILES string of the molecule is Cc1nc2ccccn2c1-c1nnc2sc(CCN3CCC(c4ccccc4)C3)nn12. The molecule has 1 atom stereocenters. The number of likely N-dealkylation sites (tertiary alicyclic amines) is 1. The number of hydrogen-bond donors (Lipinski definition) is 0. The molecular weight excluding hydrogens is 406 g/mol. The van der Waals surface area contributed by atoms with E-state index >= 15 is 0 Å². The van der Waals surface area contributed by atoms with Gasteiger partial charge in [-0.2, -0.15) is 9.61 Å². The number of imidazole rings is 1. The lowest BCUT2D eigenvalue weighted by atomic mass is 9.99. The Kier molecular flexibility index (Phi) is 4.54. The summed E-state index contributed by atoms with van der Waals surface area (Å²) >= 11 is 1.63. The Bertz CT molecular complexity index is 1350. The number of hydrogen-bond acceptors (Lipinski definition) is 6. The molecule has 1 unspecified atom stereocenters. The number of aryl methyl sites for hydroxylation is 1. The molecule has 0 amide bonds. The van der Waals surface area contributed by atoms with Crippen LogP contribution in [0.1, 0.15) is 28.6 Å². The summed E-state index contributed by atoms with van der Waals surface area (Å²) in [6.07, 6.45) is 4.17. The highest BCUT2D eigenvalue weighted by atomic mass is 32.1. The van der Waals surface area contributed by atoms with Gasteiger partial charge in [0, 0.05) is 25.7 Å². The Morgan fingerprint density at radius 1 is 1.06 bits per heavy atom. The molecule has 7 nitrogen and oxygen atoms in total. The first kappa shape index (κ1) is 18.7. The van der Waals surface area contributed by atoms with Crippen molar-refractivity contribution in [3.8, 4) is 11.5 Å². The molecule has 0 radical (unpaired) electrons. The van der Waals surface area contributed by atoms with E-state index in [2.05, 4.69) is 54.8 Å². The minimum atomic E-state index is 0.642. The van der Waals surface area contributed by atoms with E-state index < -0.39 is 0 Å². The van der Waals surface area contributed by atoms with Crippen molar-refractivity contribution in [2.75, 3.05) is 19.6 Å². The van der Waals surface area contributed by atoms with E-state index in [-0.39, 0.29) is 0 Å². The molecule has 1 aromatic carbocycles. The van der Waals surface area contributed by atoms with Crippen molar-refractivity contribution in [3.05, 3.63) is 71.0 Å². The van der Waals surface area contributed by atoms with E-state index in [0.717, 1.165) is 58.9 Å².